The summed E-state index contributed by atoms with van der Waals surface area (Å²) in [5, 5.41) is 17.6. The highest BCUT2D eigenvalue weighted by atomic mass is 79.9. The summed E-state index contributed by atoms with van der Waals surface area (Å²) in [6.45, 7) is 0.495. The van der Waals surface area contributed by atoms with Crippen LogP contribution in [0.1, 0.15) is 5.56 Å². The van der Waals surface area contributed by atoms with E-state index in [1.54, 1.807) is 23.0 Å². The van der Waals surface area contributed by atoms with Crippen molar-refractivity contribution in [1.29, 1.82) is 0 Å². The Morgan fingerprint density at radius 3 is 2.78 bits per heavy atom. The highest BCUT2D eigenvalue weighted by Crippen LogP contribution is 2.26. The van der Waals surface area contributed by atoms with Gasteiger partial charge in [-0.3, -0.25) is 5.21 Å². The second kappa shape index (κ2) is 7.24. The summed E-state index contributed by atoms with van der Waals surface area (Å²) in [5.41, 5.74) is 3.48. The van der Waals surface area contributed by atoms with Crippen LogP contribution in [0.4, 0.5) is 5.82 Å². The van der Waals surface area contributed by atoms with Crippen molar-refractivity contribution in [3.63, 3.8) is 0 Å². The van der Waals surface area contributed by atoms with E-state index in [4.69, 9.17) is 9.72 Å². The summed E-state index contributed by atoms with van der Waals surface area (Å²) in [5.74, 6) is 1.16. The molecule has 0 radical (unpaired) electrons. The topological polar surface area (TPSA) is 75.6 Å². The first-order valence-corrected chi connectivity index (χ1v) is 9.06. The predicted octanol–water partition coefficient (Wildman–Crippen LogP) is 3.30. The number of benzene rings is 1. The van der Waals surface area contributed by atoms with Crippen molar-refractivity contribution in [2.75, 3.05) is 12.4 Å². The minimum Gasteiger partial charge on any atom is -0.445 e. The molecule has 4 rings (SSSR count). The van der Waals surface area contributed by atoms with Crippen LogP contribution >= 0.6 is 15.9 Å². The lowest BCUT2D eigenvalue weighted by molar-refractivity contribution is -0.906. The summed E-state index contributed by atoms with van der Waals surface area (Å²) in [7, 11) is 1.51. The van der Waals surface area contributed by atoms with Crippen LogP contribution in [0.5, 0.6) is 5.88 Å². The molecule has 0 atom stereocenters. The summed E-state index contributed by atoms with van der Waals surface area (Å²) in [6, 6.07) is 15.5. The fourth-order valence-electron chi connectivity index (χ4n) is 2.80. The molecule has 0 amide bonds. The SMILES string of the molecule is COc1ccc(CNc2cc(-c3ccccc3)nc3c(Br)cnn23)c[n+]1O. The van der Waals surface area contributed by atoms with Gasteiger partial charge in [-0.2, -0.15) is 9.61 Å². The Balaban J connectivity index is 1.69. The van der Waals surface area contributed by atoms with Gasteiger partial charge in [0.05, 0.1) is 29.5 Å². The average Bonchev–Trinajstić information content (AvgIpc) is 3.08. The zero-order valence-electron chi connectivity index (χ0n) is 14.5. The van der Waals surface area contributed by atoms with Crippen LogP contribution in [0.2, 0.25) is 0 Å². The predicted molar refractivity (Wildman–Crippen MR) is 104 cm³/mol. The molecule has 3 aromatic heterocycles. The van der Waals surface area contributed by atoms with Gasteiger partial charge in [0.25, 0.3) is 0 Å². The Morgan fingerprint density at radius 2 is 2.04 bits per heavy atom. The maximum absolute atomic E-state index is 9.89. The largest absolute Gasteiger partial charge is 0.445 e. The summed E-state index contributed by atoms with van der Waals surface area (Å²) in [6.07, 6.45) is 3.32. The van der Waals surface area contributed by atoms with Gasteiger partial charge in [-0.1, -0.05) is 30.3 Å². The third-order valence-electron chi connectivity index (χ3n) is 4.13. The van der Waals surface area contributed by atoms with Crippen molar-refractivity contribution in [3.8, 4) is 17.1 Å². The van der Waals surface area contributed by atoms with E-state index >= 15 is 0 Å². The van der Waals surface area contributed by atoms with Gasteiger partial charge in [0.1, 0.15) is 5.82 Å². The van der Waals surface area contributed by atoms with Crippen molar-refractivity contribution < 1.29 is 14.7 Å². The van der Waals surface area contributed by atoms with Crippen LogP contribution in [0.15, 0.2) is 65.4 Å². The van der Waals surface area contributed by atoms with Crippen molar-refractivity contribution in [2.45, 2.75) is 6.54 Å². The standard InChI is InChI=1S/C19H17BrN5O2/c1-27-18-8-7-13(12-24(18)26)10-21-17-9-16(14-5-3-2-4-6-14)23-19-15(20)11-22-25(17)19/h2-9,11-12,21,26H,10H2,1H3/q+1. The highest BCUT2D eigenvalue weighted by Gasteiger charge is 2.14. The molecule has 0 saturated heterocycles. The van der Waals surface area contributed by atoms with Gasteiger partial charge < -0.3 is 10.1 Å². The molecule has 0 bridgehead atoms. The van der Waals surface area contributed by atoms with E-state index in [1.165, 1.54) is 7.11 Å². The third kappa shape index (κ3) is 3.43. The van der Waals surface area contributed by atoms with E-state index < -0.39 is 0 Å². The minimum absolute atomic E-state index is 0.368. The molecular weight excluding hydrogens is 410 g/mol. The van der Waals surface area contributed by atoms with Crippen molar-refractivity contribution in [1.82, 2.24) is 14.6 Å². The van der Waals surface area contributed by atoms with Gasteiger partial charge >= 0.3 is 5.88 Å². The van der Waals surface area contributed by atoms with Crippen molar-refractivity contribution in [2.24, 2.45) is 0 Å². The summed E-state index contributed by atoms with van der Waals surface area (Å²) < 4.78 is 8.57. The number of hydrogen-bond acceptors (Lipinski definition) is 5. The fraction of sp³-hybridized carbons (Fsp3) is 0.105. The Labute approximate surface area is 164 Å². The Bertz CT molecular complexity index is 1100. The number of fused-ring (bicyclic) bond motifs is 1. The number of nitrogens with one attached hydrogen (secondary N) is 1. The molecule has 0 aliphatic rings. The molecule has 8 heteroatoms. The third-order valence-corrected chi connectivity index (χ3v) is 4.69. The lowest BCUT2D eigenvalue weighted by atomic mass is 10.1. The number of nitrogens with zero attached hydrogens (tertiary/aromatic N) is 4. The Kier molecular flexibility index (Phi) is 4.64. The molecule has 0 aliphatic carbocycles. The lowest BCUT2D eigenvalue weighted by Crippen LogP contribution is -2.32. The molecule has 0 saturated carbocycles. The molecule has 27 heavy (non-hydrogen) atoms. The molecule has 4 aromatic rings. The van der Waals surface area contributed by atoms with Gasteiger partial charge in [0.15, 0.2) is 5.65 Å². The molecule has 0 spiro atoms. The number of halogens is 1. The maximum atomic E-state index is 9.89. The van der Waals surface area contributed by atoms with Gasteiger partial charge in [-0.15, -0.1) is 0 Å². The number of anilines is 1. The van der Waals surface area contributed by atoms with E-state index in [9.17, 15) is 5.21 Å². The number of hydrogen-bond donors (Lipinski definition) is 2. The first-order valence-electron chi connectivity index (χ1n) is 8.27. The second-order valence-electron chi connectivity index (χ2n) is 5.90. The molecule has 0 aliphatic heterocycles. The molecule has 2 N–H and O–H groups in total. The number of methoxy groups -OCH3 is 1. The molecule has 3 heterocycles. The lowest BCUT2D eigenvalue weighted by Gasteiger charge is -2.10. The quantitative estimate of drug-likeness (QED) is 0.378. The first kappa shape index (κ1) is 17.3. The maximum Gasteiger partial charge on any atom is 0.416 e. The fourth-order valence-corrected chi connectivity index (χ4v) is 3.14. The molecule has 1 aromatic carbocycles. The number of rotatable bonds is 5. The monoisotopic (exact) mass is 426 g/mol. The minimum atomic E-state index is 0.368. The van der Waals surface area contributed by atoms with Crippen molar-refractivity contribution in [3.05, 3.63) is 71.0 Å². The Morgan fingerprint density at radius 1 is 1.22 bits per heavy atom. The van der Waals surface area contributed by atoms with Gasteiger partial charge in [-0.25, -0.2) is 4.98 Å². The van der Waals surface area contributed by atoms with Gasteiger partial charge in [0, 0.05) is 28.5 Å². The summed E-state index contributed by atoms with van der Waals surface area (Å²) >= 11 is 3.51. The molecular formula is C19H17BrN5O2+. The molecule has 0 fully saturated rings. The Hall–Kier alpha value is -3.13. The van der Waals surface area contributed by atoms with Gasteiger partial charge in [0.2, 0.25) is 6.20 Å². The number of pyridine rings is 1. The molecule has 0 unspecified atom stereocenters. The van der Waals surface area contributed by atoms with Crippen LogP contribution in [0.25, 0.3) is 16.9 Å². The zero-order chi connectivity index (χ0) is 18.8. The van der Waals surface area contributed by atoms with E-state index in [1.807, 2.05) is 42.5 Å². The van der Waals surface area contributed by atoms with Crippen LogP contribution in [-0.4, -0.2) is 26.9 Å². The summed E-state index contributed by atoms with van der Waals surface area (Å²) in [4.78, 5) is 4.71. The molecule has 7 nitrogen and oxygen atoms in total. The van der Waals surface area contributed by atoms with Crippen LogP contribution in [-0.2, 0) is 6.54 Å². The van der Waals surface area contributed by atoms with Crippen LogP contribution in [0.3, 0.4) is 0 Å². The smallest absolute Gasteiger partial charge is 0.416 e. The van der Waals surface area contributed by atoms with Gasteiger partial charge in [-0.05, 0) is 22.0 Å². The van der Waals surface area contributed by atoms with E-state index in [0.717, 1.165) is 37.5 Å². The first-order chi connectivity index (χ1) is 13.2. The molecule has 136 valence electrons. The van der Waals surface area contributed by atoms with Crippen LogP contribution < -0.4 is 14.8 Å². The highest BCUT2D eigenvalue weighted by molar-refractivity contribution is 9.10. The normalized spacial score (nSPS) is 10.9. The average molecular weight is 427 g/mol. The van der Waals surface area contributed by atoms with E-state index in [-0.39, 0.29) is 0 Å². The zero-order valence-corrected chi connectivity index (χ0v) is 16.1. The number of aromatic nitrogens is 4. The van der Waals surface area contributed by atoms with E-state index in [2.05, 4.69) is 26.3 Å². The van der Waals surface area contributed by atoms with E-state index in [0.29, 0.717) is 12.4 Å². The van der Waals surface area contributed by atoms with Crippen molar-refractivity contribution >= 4 is 27.4 Å². The second-order valence-corrected chi connectivity index (χ2v) is 6.75. The number of ether oxygens (including phenoxy) is 1. The van der Waals surface area contributed by atoms with Crippen LogP contribution in [0, 0.1) is 0 Å².